The number of aromatic nitrogens is 3. The summed E-state index contributed by atoms with van der Waals surface area (Å²) in [5, 5.41) is 0.628. The predicted octanol–water partition coefficient (Wildman–Crippen LogP) is 4.23. The van der Waals surface area contributed by atoms with Crippen molar-refractivity contribution in [2.75, 3.05) is 0 Å². The van der Waals surface area contributed by atoms with Crippen LogP contribution in [0.4, 0.5) is 0 Å². The molecule has 0 atom stereocenters. The molecule has 100 valence electrons. The van der Waals surface area contributed by atoms with Gasteiger partial charge < -0.3 is 4.74 Å². The maximum atomic E-state index is 5.87. The Bertz CT molecular complexity index is 583. The van der Waals surface area contributed by atoms with Crippen molar-refractivity contribution >= 4 is 39.3 Å². The van der Waals surface area contributed by atoms with E-state index in [2.05, 4.69) is 30.9 Å². The molecule has 0 unspecified atom stereocenters. The van der Waals surface area contributed by atoms with E-state index in [0.29, 0.717) is 5.16 Å². The van der Waals surface area contributed by atoms with Crippen molar-refractivity contribution < 1.29 is 4.74 Å². The Balaban J connectivity index is 2.25. The number of rotatable bonds is 4. The molecule has 0 aliphatic heterocycles. The smallest absolute Gasteiger partial charge is 0.322 e. The molecule has 2 aromatic rings. The molecule has 1 aromatic carbocycles. The standard InChI is InChI=1S/C12H11BrClN3OS/c1-7(2)18-11-15-10(14)16-12(17-11)19-9-6-4-3-5-8(9)13/h3-7H,1-2H3. The molecule has 0 radical (unpaired) electrons. The third-order valence-electron chi connectivity index (χ3n) is 1.95. The molecule has 4 nitrogen and oxygen atoms in total. The average molecular weight is 361 g/mol. The topological polar surface area (TPSA) is 47.9 Å². The molecule has 7 heteroatoms. The van der Waals surface area contributed by atoms with E-state index in [1.165, 1.54) is 11.8 Å². The summed E-state index contributed by atoms with van der Waals surface area (Å²) in [6, 6.07) is 8.06. The Morgan fingerprint density at radius 2 is 1.95 bits per heavy atom. The highest BCUT2D eigenvalue weighted by atomic mass is 79.9. The highest BCUT2D eigenvalue weighted by Gasteiger charge is 2.10. The van der Waals surface area contributed by atoms with Gasteiger partial charge in [0.05, 0.1) is 6.10 Å². The minimum absolute atomic E-state index is 0.0141. The third kappa shape index (κ3) is 4.33. The van der Waals surface area contributed by atoms with Crippen molar-refractivity contribution in [3.63, 3.8) is 0 Å². The molecule has 19 heavy (non-hydrogen) atoms. The fourth-order valence-corrected chi connectivity index (χ4v) is 2.74. The molecule has 1 aromatic heterocycles. The first-order chi connectivity index (χ1) is 9.04. The van der Waals surface area contributed by atoms with Crippen LogP contribution in [-0.4, -0.2) is 21.1 Å². The number of benzene rings is 1. The van der Waals surface area contributed by atoms with Crippen molar-refractivity contribution in [2.24, 2.45) is 0 Å². The lowest BCUT2D eigenvalue weighted by atomic mass is 10.4. The van der Waals surface area contributed by atoms with Gasteiger partial charge in [-0.3, -0.25) is 0 Å². The van der Waals surface area contributed by atoms with Crippen LogP contribution < -0.4 is 4.74 Å². The monoisotopic (exact) mass is 359 g/mol. The van der Waals surface area contributed by atoms with Crippen molar-refractivity contribution in [3.8, 4) is 6.01 Å². The molecular formula is C12H11BrClN3OS. The van der Waals surface area contributed by atoms with E-state index in [1.807, 2.05) is 38.1 Å². The van der Waals surface area contributed by atoms with Crippen molar-refractivity contribution in [1.29, 1.82) is 0 Å². The van der Waals surface area contributed by atoms with Crippen LogP contribution in [0.25, 0.3) is 0 Å². The van der Waals surface area contributed by atoms with E-state index in [-0.39, 0.29) is 17.4 Å². The van der Waals surface area contributed by atoms with Crippen LogP contribution in [0, 0.1) is 0 Å². The lowest BCUT2D eigenvalue weighted by molar-refractivity contribution is 0.219. The van der Waals surface area contributed by atoms with E-state index >= 15 is 0 Å². The number of ether oxygens (including phenoxy) is 1. The normalized spacial score (nSPS) is 10.8. The highest BCUT2D eigenvalue weighted by molar-refractivity contribution is 9.10. The summed E-state index contributed by atoms with van der Waals surface area (Å²) in [5.41, 5.74) is 0. The molecule has 0 N–H and O–H groups in total. The fourth-order valence-electron chi connectivity index (χ4n) is 1.25. The fraction of sp³-hybridized carbons (Fsp3) is 0.250. The van der Waals surface area contributed by atoms with Gasteiger partial charge in [0, 0.05) is 9.37 Å². The molecule has 1 heterocycles. The Hall–Kier alpha value is -0.850. The summed E-state index contributed by atoms with van der Waals surface area (Å²) < 4.78 is 6.41. The molecule has 0 aliphatic carbocycles. The number of halogens is 2. The molecule has 2 rings (SSSR count). The highest BCUT2D eigenvalue weighted by Crippen LogP contribution is 2.32. The minimum atomic E-state index is -0.0141. The van der Waals surface area contributed by atoms with Gasteiger partial charge in [0.1, 0.15) is 0 Å². The first-order valence-corrected chi connectivity index (χ1v) is 7.54. The largest absolute Gasteiger partial charge is 0.461 e. The Kier molecular flexibility index (Phi) is 5.01. The van der Waals surface area contributed by atoms with Gasteiger partial charge in [0.2, 0.25) is 5.28 Å². The predicted molar refractivity (Wildman–Crippen MR) is 78.9 cm³/mol. The minimum Gasteiger partial charge on any atom is -0.461 e. The number of hydrogen-bond donors (Lipinski definition) is 0. The Morgan fingerprint density at radius 1 is 1.21 bits per heavy atom. The lowest BCUT2D eigenvalue weighted by Gasteiger charge is -2.08. The first kappa shape index (κ1) is 14.6. The average Bonchev–Trinajstić information content (AvgIpc) is 2.30. The molecule has 0 saturated carbocycles. The van der Waals surface area contributed by atoms with Crippen LogP contribution >= 0.6 is 39.3 Å². The van der Waals surface area contributed by atoms with Crippen LogP contribution in [0.3, 0.4) is 0 Å². The number of nitrogens with zero attached hydrogens (tertiary/aromatic N) is 3. The molecular weight excluding hydrogens is 350 g/mol. The van der Waals surface area contributed by atoms with Crippen LogP contribution in [0.1, 0.15) is 13.8 Å². The zero-order chi connectivity index (χ0) is 13.8. The number of hydrogen-bond acceptors (Lipinski definition) is 5. The Morgan fingerprint density at radius 3 is 2.63 bits per heavy atom. The summed E-state index contributed by atoms with van der Waals surface area (Å²) in [5.74, 6) is 0. The van der Waals surface area contributed by atoms with E-state index < -0.39 is 0 Å². The van der Waals surface area contributed by atoms with E-state index in [9.17, 15) is 0 Å². The van der Waals surface area contributed by atoms with Gasteiger partial charge in [-0.1, -0.05) is 12.1 Å². The lowest BCUT2D eigenvalue weighted by Crippen LogP contribution is -2.09. The summed E-state index contributed by atoms with van der Waals surface area (Å²) >= 11 is 10.7. The molecule has 0 fully saturated rings. The van der Waals surface area contributed by atoms with Crippen molar-refractivity contribution in [2.45, 2.75) is 30.0 Å². The molecule has 0 saturated heterocycles. The molecule has 0 amide bonds. The van der Waals surface area contributed by atoms with Crippen LogP contribution in [0.15, 0.2) is 38.8 Å². The van der Waals surface area contributed by atoms with Crippen molar-refractivity contribution in [3.05, 3.63) is 34.0 Å². The van der Waals surface area contributed by atoms with Crippen molar-refractivity contribution in [1.82, 2.24) is 15.0 Å². The van der Waals surface area contributed by atoms with E-state index in [1.54, 1.807) is 0 Å². The Labute approximate surface area is 129 Å². The SMILES string of the molecule is CC(C)Oc1nc(Cl)nc(Sc2ccccc2Br)n1. The van der Waals surface area contributed by atoms with Gasteiger partial charge in [-0.2, -0.15) is 15.0 Å². The molecule has 0 bridgehead atoms. The zero-order valence-electron chi connectivity index (χ0n) is 10.3. The maximum Gasteiger partial charge on any atom is 0.322 e. The maximum absolute atomic E-state index is 5.87. The van der Waals surface area contributed by atoms with Gasteiger partial charge in [-0.05, 0) is 65.3 Å². The second kappa shape index (κ2) is 6.54. The summed E-state index contributed by atoms with van der Waals surface area (Å²) in [6.45, 7) is 3.80. The second-order valence-electron chi connectivity index (χ2n) is 3.87. The summed E-state index contributed by atoms with van der Waals surface area (Å²) in [4.78, 5) is 13.2. The third-order valence-corrected chi connectivity index (χ3v) is 4.01. The van der Waals surface area contributed by atoms with Gasteiger partial charge in [-0.25, -0.2) is 0 Å². The molecule has 0 spiro atoms. The molecule has 0 aliphatic rings. The van der Waals surface area contributed by atoms with Crippen LogP contribution in [-0.2, 0) is 0 Å². The zero-order valence-corrected chi connectivity index (χ0v) is 13.5. The van der Waals surface area contributed by atoms with Crippen LogP contribution in [0.5, 0.6) is 6.01 Å². The summed E-state index contributed by atoms with van der Waals surface area (Å²) in [6.07, 6.45) is -0.0141. The first-order valence-electron chi connectivity index (χ1n) is 5.55. The van der Waals surface area contributed by atoms with Gasteiger partial charge in [0.15, 0.2) is 5.16 Å². The van der Waals surface area contributed by atoms with Gasteiger partial charge in [-0.15, -0.1) is 0 Å². The van der Waals surface area contributed by atoms with Crippen LogP contribution in [0.2, 0.25) is 5.28 Å². The van der Waals surface area contributed by atoms with Gasteiger partial charge in [0.25, 0.3) is 0 Å². The van der Waals surface area contributed by atoms with E-state index in [4.69, 9.17) is 16.3 Å². The van der Waals surface area contributed by atoms with Gasteiger partial charge >= 0.3 is 6.01 Å². The summed E-state index contributed by atoms with van der Waals surface area (Å²) in [7, 11) is 0. The quantitative estimate of drug-likeness (QED) is 0.816. The van der Waals surface area contributed by atoms with E-state index in [0.717, 1.165) is 9.37 Å². The second-order valence-corrected chi connectivity index (χ2v) is 6.07.